The first-order valence-electron chi connectivity index (χ1n) is 7.24. The molecule has 6 heteroatoms. The Morgan fingerprint density at radius 2 is 1.95 bits per heavy atom. The number of sulfone groups is 1. The van der Waals surface area contributed by atoms with E-state index in [2.05, 4.69) is 22.5 Å². The van der Waals surface area contributed by atoms with Crippen molar-refractivity contribution in [3.63, 3.8) is 0 Å². The highest BCUT2D eigenvalue weighted by molar-refractivity contribution is 7.90. The molecule has 1 fully saturated rings. The Hall–Kier alpha value is -1.56. The van der Waals surface area contributed by atoms with Crippen LogP contribution < -0.4 is 10.6 Å². The average molecular weight is 309 g/mol. The summed E-state index contributed by atoms with van der Waals surface area (Å²) in [5.74, 6) is 1.53. The minimum atomic E-state index is -3.13. The van der Waals surface area contributed by atoms with Gasteiger partial charge < -0.3 is 10.6 Å². The molecule has 0 aromatic heterocycles. The van der Waals surface area contributed by atoms with Gasteiger partial charge >= 0.3 is 0 Å². The molecular formula is C15H23N3O2S. The zero-order valence-corrected chi connectivity index (χ0v) is 13.6. The van der Waals surface area contributed by atoms with Crippen molar-refractivity contribution < 1.29 is 8.42 Å². The first-order valence-corrected chi connectivity index (χ1v) is 9.13. The highest BCUT2D eigenvalue weighted by Gasteiger charge is 2.33. The molecule has 0 aliphatic heterocycles. The molecule has 2 atom stereocenters. The van der Waals surface area contributed by atoms with Gasteiger partial charge in [0.25, 0.3) is 0 Å². The second-order valence-corrected chi connectivity index (χ2v) is 7.59. The summed E-state index contributed by atoms with van der Waals surface area (Å²) in [6, 6.07) is 7.40. The molecule has 2 unspecified atom stereocenters. The summed E-state index contributed by atoms with van der Waals surface area (Å²) >= 11 is 0. The molecule has 0 bridgehead atoms. The topological polar surface area (TPSA) is 70.6 Å². The molecule has 21 heavy (non-hydrogen) atoms. The number of benzene rings is 1. The zero-order chi connectivity index (χ0) is 15.5. The first kappa shape index (κ1) is 15.8. The van der Waals surface area contributed by atoms with E-state index in [1.807, 2.05) is 19.1 Å². The van der Waals surface area contributed by atoms with Crippen molar-refractivity contribution in [3.8, 4) is 0 Å². The van der Waals surface area contributed by atoms with Gasteiger partial charge in [-0.1, -0.05) is 19.1 Å². The quantitative estimate of drug-likeness (QED) is 0.639. The SMILES string of the molecule is CCNC(=NCc1ccc(S(C)(=O)=O)cc1)NC1CC1C. The standard InChI is InChI=1S/C15H23N3O2S/c1-4-16-15(18-14-9-11(14)2)17-10-12-5-7-13(8-6-12)21(3,19)20/h5-8,11,14H,4,9-10H2,1-3H3,(H2,16,17,18). The van der Waals surface area contributed by atoms with Gasteiger partial charge in [-0.2, -0.15) is 0 Å². The minimum absolute atomic E-state index is 0.340. The Kier molecular flexibility index (Phi) is 4.88. The summed E-state index contributed by atoms with van der Waals surface area (Å²) in [7, 11) is -3.13. The average Bonchev–Trinajstić information content (AvgIpc) is 3.11. The lowest BCUT2D eigenvalue weighted by atomic mass is 10.2. The molecule has 0 amide bonds. The van der Waals surface area contributed by atoms with E-state index < -0.39 is 9.84 Å². The summed E-state index contributed by atoms with van der Waals surface area (Å²) < 4.78 is 22.8. The summed E-state index contributed by atoms with van der Waals surface area (Å²) in [5.41, 5.74) is 0.989. The molecule has 0 spiro atoms. The van der Waals surface area contributed by atoms with Gasteiger partial charge in [0, 0.05) is 18.8 Å². The summed E-state index contributed by atoms with van der Waals surface area (Å²) in [6.07, 6.45) is 2.40. The van der Waals surface area contributed by atoms with Crippen LogP contribution in [-0.2, 0) is 16.4 Å². The van der Waals surface area contributed by atoms with Gasteiger partial charge in [-0.15, -0.1) is 0 Å². The number of nitrogens with one attached hydrogen (secondary N) is 2. The Bertz CT molecular complexity index is 608. The van der Waals surface area contributed by atoms with Crippen LogP contribution in [0.15, 0.2) is 34.2 Å². The first-order chi connectivity index (χ1) is 9.90. The van der Waals surface area contributed by atoms with Crippen LogP contribution >= 0.6 is 0 Å². The molecular weight excluding hydrogens is 286 g/mol. The predicted molar refractivity (Wildman–Crippen MR) is 85.1 cm³/mol. The van der Waals surface area contributed by atoms with Crippen LogP contribution in [0.2, 0.25) is 0 Å². The largest absolute Gasteiger partial charge is 0.357 e. The molecule has 0 saturated heterocycles. The van der Waals surface area contributed by atoms with Crippen LogP contribution in [0.1, 0.15) is 25.8 Å². The number of hydrogen-bond acceptors (Lipinski definition) is 3. The fourth-order valence-corrected chi connectivity index (χ4v) is 2.66. The third-order valence-electron chi connectivity index (χ3n) is 3.55. The van der Waals surface area contributed by atoms with Crippen molar-refractivity contribution in [2.24, 2.45) is 10.9 Å². The van der Waals surface area contributed by atoms with Crippen LogP contribution in [0.25, 0.3) is 0 Å². The molecule has 5 nitrogen and oxygen atoms in total. The molecule has 0 radical (unpaired) electrons. The van der Waals surface area contributed by atoms with Gasteiger partial charge in [0.15, 0.2) is 15.8 Å². The van der Waals surface area contributed by atoms with Crippen LogP contribution in [-0.4, -0.2) is 33.2 Å². The molecule has 1 saturated carbocycles. The maximum atomic E-state index is 11.4. The lowest BCUT2D eigenvalue weighted by Gasteiger charge is -2.10. The van der Waals surface area contributed by atoms with E-state index in [-0.39, 0.29) is 0 Å². The van der Waals surface area contributed by atoms with E-state index in [9.17, 15) is 8.42 Å². The van der Waals surface area contributed by atoms with E-state index >= 15 is 0 Å². The lowest BCUT2D eigenvalue weighted by molar-refractivity contribution is 0.602. The van der Waals surface area contributed by atoms with Crippen molar-refractivity contribution in [1.82, 2.24) is 10.6 Å². The molecule has 1 aliphatic rings. The molecule has 116 valence electrons. The molecule has 2 N–H and O–H groups in total. The zero-order valence-electron chi connectivity index (χ0n) is 12.8. The van der Waals surface area contributed by atoms with Gasteiger partial charge in [0.2, 0.25) is 0 Å². The van der Waals surface area contributed by atoms with Gasteiger partial charge in [-0.3, -0.25) is 0 Å². The number of rotatable bonds is 5. The number of nitrogens with zero attached hydrogens (tertiary/aromatic N) is 1. The van der Waals surface area contributed by atoms with Crippen molar-refractivity contribution >= 4 is 15.8 Å². The Morgan fingerprint density at radius 3 is 2.43 bits per heavy atom. The number of guanidine groups is 1. The van der Waals surface area contributed by atoms with Crippen molar-refractivity contribution in [2.45, 2.75) is 37.8 Å². The molecule has 0 heterocycles. The van der Waals surface area contributed by atoms with Crippen LogP contribution in [0.5, 0.6) is 0 Å². The monoisotopic (exact) mass is 309 g/mol. The van der Waals surface area contributed by atoms with Crippen LogP contribution in [0.3, 0.4) is 0 Å². The van der Waals surface area contributed by atoms with Crippen molar-refractivity contribution in [2.75, 3.05) is 12.8 Å². The molecule has 1 aromatic carbocycles. The second kappa shape index (κ2) is 6.47. The van der Waals surface area contributed by atoms with Gasteiger partial charge in [-0.25, -0.2) is 13.4 Å². The molecule has 1 aliphatic carbocycles. The van der Waals surface area contributed by atoms with Gasteiger partial charge in [0.05, 0.1) is 11.4 Å². The van der Waals surface area contributed by atoms with E-state index in [0.29, 0.717) is 23.4 Å². The Morgan fingerprint density at radius 1 is 1.33 bits per heavy atom. The second-order valence-electron chi connectivity index (χ2n) is 5.58. The van der Waals surface area contributed by atoms with E-state index in [1.165, 1.54) is 12.7 Å². The van der Waals surface area contributed by atoms with E-state index in [0.717, 1.165) is 18.1 Å². The molecule has 1 aromatic rings. The predicted octanol–water partition coefficient (Wildman–Crippen LogP) is 1.55. The Labute approximate surface area is 126 Å². The minimum Gasteiger partial charge on any atom is -0.357 e. The third kappa shape index (κ3) is 4.74. The fourth-order valence-electron chi connectivity index (χ4n) is 2.03. The van der Waals surface area contributed by atoms with Crippen molar-refractivity contribution in [1.29, 1.82) is 0 Å². The number of hydrogen-bond donors (Lipinski definition) is 2. The third-order valence-corrected chi connectivity index (χ3v) is 4.68. The van der Waals surface area contributed by atoms with Gasteiger partial charge in [-0.05, 0) is 37.0 Å². The Balaban J connectivity index is 2.00. The van der Waals surface area contributed by atoms with Crippen LogP contribution in [0.4, 0.5) is 0 Å². The highest BCUT2D eigenvalue weighted by Crippen LogP contribution is 2.28. The van der Waals surface area contributed by atoms with Crippen molar-refractivity contribution in [3.05, 3.63) is 29.8 Å². The molecule has 2 rings (SSSR count). The highest BCUT2D eigenvalue weighted by atomic mass is 32.2. The normalized spacial score (nSPS) is 22.0. The summed E-state index contributed by atoms with van der Waals surface area (Å²) in [5, 5.41) is 6.61. The van der Waals surface area contributed by atoms with Gasteiger partial charge in [0.1, 0.15) is 0 Å². The lowest BCUT2D eigenvalue weighted by Crippen LogP contribution is -2.39. The van der Waals surface area contributed by atoms with Crippen LogP contribution in [0, 0.1) is 5.92 Å². The van der Waals surface area contributed by atoms with E-state index in [4.69, 9.17) is 0 Å². The fraction of sp³-hybridized carbons (Fsp3) is 0.533. The summed E-state index contributed by atoms with van der Waals surface area (Å²) in [6.45, 7) is 5.60. The smallest absolute Gasteiger partial charge is 0.191 e. The number of aliphatic imine (C=N–C) groups is 1. The summed E-state index contributed by atoms with van der Waals surface area (Å²) in [4.78, 5) is 4.88. The van der Waals surface area contributed by atoms with E-state index in [1.54, 1.807) is 12.1 Å². The maximum Gasteiger partial charge on any atom is 0.191 e. The maximum absolute atomic E-state index is 11.4.